The zero-order valence-electron chi connectivity index (χ0n) is 8.59. The Morgan fingerprint density at radius 2 is 2.24 bits per heavy atom. The Balaban J connectivity index is 2.02. The smallest absolute Gasteiger partial charge is 0.357 e. The van der Waals surface area contributed by atoms with E-state index in [-0.39, 0.29) is 5.69 Å². The van der Waals surface area contributed by atoms with Gasteiger partial charge in [-0.25, -0.2) is 4.79 Å². The van der Waals surface area contributed by atoms with Gasteiger partial charge in [-0.15, -0.1) is 0 Å². The molecule has 6 heteroatoms. The second-order valence-corrected chi connectivity index (χ2v) is 4.52. The van der Waals surface area contributed by atoms with Crippen molar-refractivity contribution in [3.05, 3.63) is 46.8 Å². The fraction of sp³-hybridized carbons (Fsp3) is 0.0909. The van der Waals surface area contributed by atoms with E-state index in [4.69, 9.17) is 21.1 Å². The van der Waals surface area contributed by atoms with Crippen molar-refractivity contribution in [2.24, 2.45) is 0 Å². The summed E-state index contributed by atoms with van der Waals surface area (Å²) in [6, 6.07) is 7.44. The third-order valence-electron chi connectivity index (χ3n) is 2.01. The molecule has 0 radical (unpaired) electrons. The van der Waals surface area contributed by atoms with Gasteiger partial charge in [0.1, 0.15) is 6.26 Å². The summed E-state index contributed by atoms with van der Waals surface area (Å²) in [7, 11) is 0. The predicted molar refractivity (Wildman–Crippen MR) is 64.5 cm³/mol. The Kier molecular flexibility index (Phi) is 3.71. The number of thioether (sulfide) groups is 1. The molecule has 0 bridgehead atoms. The Bertz CT molecular complexity index is 541. The Morgan fingerprint density at radius 3 is 2.88 bits per heavy atom. The van der Waals surface area contributed by atoms with Gasteiger partial charge in [-0.3, -0.25) is 0 Å². The molecule has 1 aromatic heterocycles. The van der Waals surface area contributed by atoms with Crippen LogP contribution in [0.5, 0.6) is 0 Å². The second-order valence-electron chi connectivity index (χ2n) is 3.18. The molecule has 2 aromatic rings. The van der Waals surface area contributed by atoms with Gasteiger partial charge in [-0.1, -0.05) is 41.6 Å². The standard InChI is InChI=1S/C11H8ClNO3S/c12-8-4-2-1-3-7(8)6-17-11-13-9(5-16-11)10(14)15/h1-5H,6H2,(H,14,15). The summed E-state index contributed by atoms with van der Waals surface area (Å²) in [5, 5.41) is 9.67. The molecule has 0 amide bonds. The minimum atomic E-state index is -1.10. The summed E-state index contributed by atoms with van der Waals surface area (Å²) >= 11 is 7.29. The number of hydrogen-bond donors (Lipinski definition) is 1. The molecular weight excluding hydrogens is 262 g/mol. The fourth-order valence-electron chi connectivity index (χ4n) is 1.18. The molecule has 0 aliphatic rings. The van der Waals surface area contributed by atoms with Crippen LogP contribution in [0, 0.1) is 0 Å². The second kappa shape index (κ2) is 5.25. The number of aromatic nitrogens is 1. The van der Waals surface area contributed by atoms with Crippen LogP contribution in [0.3, 0.4) is 0 Å². The molecule has 1 heterocycles. The van der Waals surface area contributed by atoms with E-state index >= 15 is 0 Å². The molecule has 0 saturated carbocycles. The van der Waals surface area contributed by atoms with Crippen LogP contribution < -0.4 is 0 Å². The maximum atomic E-state index is 10.6. The summed E-state index contributed by atoms with van der Waals surface area (Å²) in [5.41, 5.74) is 0.862. The number of hydrogen-bond acceptors (Lipinski definition) is 4. The zero-order chi connectivity index (χ0) is 12.3. The highest BCUT2D eigenvalue weighted by Crippen LogP contribution is 2.25. The minimum Gasteiger partial charge on any atom is -0.476 e. The predicted octanol–water partition coefficient (Wildman–Crippen LogP) is 3.32. The van der Waals surface area contributed by atoms with Crippen LogP contribution in [-0.2, 0) is 5.75 Å². The van der Waals surface area contributed by atoms with E-state index in [1.54, 1.807) is 6.07 Å². The Morgan fingerprint density at radius 1 is 1.47 bits per heavy atom. The molecule has 0 atom stereocenters. The molecule has 1 N–H and O–H groups in total. The molecule has 1 aromatic carbocycles. The topological polar surface area (TPSA) is 63.3 Å². The van der Waals surface area contributed by atoms with Crippen molar-refractivity contribution in [2.45, 2.75) is 11.0 Å². The number of carbonyl (C=O) groups is 1. The van der Waals surface area contributed by atoms with Gasteiger partial charge >= 0.3 is 5.97 Å². The molecule has 88 valence electrons. The molecule has 2 rings (SSSR count). The minimum absolute atomic E-state index is 0.0911. The van der Waals surface area contributed by atoms with E-state index in [2.05, 4.69) is 4.98 Å². The van der Waals surface area contributed by atoms with Gasteiger partial charge in [0.2, 0.25) is 0 Å². The lowest BCUT2D eigenvalue weighted by molar-refractivity contribution is 0.0690. The van der Waals surface area contributed by atoms with Crippen molar-refractivity contribution in [1.29, 1.82) is 0 Å². The van der Waals surface area contributed by atoms with Crippen LogP contribution in [-0.4, -0.2) is 16.1 Å². The van der Waals surface area contributed by atoms with Crippen molar-refractivity contribution in [2.75, 3.05) is 0 Å². The van der Waals surface area contributed by atoms with Gasteiger partial charge in [-0.2, -0.15) is 4.98 Å². The number of halogens is 1. The monoisotopic (exact) mass is 269 g/mol. The summed E-state index contributed by atoms with van der Waals surface area (Å²) < 4.78 is 5.02. The molecule has 0 unspecified atom stereocenters. The van der Waals surface area contributed by atoms with Gasteiger partial charge in [0, 0.05) is 10.8 Å². The van der Waals surface area contributed by atoms with Gasteiger partial charge in [0.05, 0.1) is 0 Å². The molecule has 4 nitrogen and oxygen atoms in total. The van der Waals surface area contributed by atoms with Crippen LogP contribution in [0.4, 0.5) is 0 Å². The molecule has 17 heavy (non-hydrogen) atoms. The maximum Gasteiger partial charge on any atom is 0.357 e. The van der Waals surface area contributed by atoms with Crippen molar-refractivity contribution in [3.63, 3.8) is 0 Å². The first kappa shape index (κ1) is 12.0. The molecule has 0 spiro atoms. The average Bonchev–Trinajstić information content (AvgIpc) is 2.77. The number of nitrogens with zero attached hydrogens (tertiary/aromatic N) is 1. The van der Waals surface area contributed by atoms with E-state index in [1.807, 2.05) is 18.2 Å². The van der Waals surface area contributed by atoms with Crippen LogP contribution >= 0.6 is 23.4 Å². The van der Waals surface area contributed by atoms with Crippen LogP contribution in [0.1, 0.15) is 16.1 Å². The fourth-order valence-corrected chi connectivity index (χ4v) is 2.27. The third kappa shape index (κ3) is 3.01. The first-order valence-corrected chi connectivity index (χ1v) is 6.08. The van der Waals surface area contributed by atoms with Gasteiger partial charge in [-0.05, 0) is 11.6 Å². The highest BCUT2D eigenvalue weighted by Gasteiger charge is 2.11. The first-order chi connectivity index (χ1) is 8.16. The molecule has 0 saturated heterocycles. The van der Waals surface area contributed by atoms with Crippen molar-refractivity contribution in [3.8, 4) is 0 Å². The Labute approximate surface area is 107 Å². The highest BCUT2D eigenvalue weighted by molar-refractivity contribution is 7.98. The third-order valence-corrected chi connectivity index (χ3v) is 3.27. The SMILES string of the molecule is O=C(O)c1coc(SCc2ccccc2Cl)n1. The zero-order valence-corrected chi connectivity index (χ0v) is 10.2. The van der Waals surface area contributed by atoms with Crippen molar-refractivity contribution in [1.82, 2.24) is 4.98 Å². The van der Waals surface area contributed by atoms with Crippen LogP contribution in [0.2, 0.25) is 5.02 Å². The number of aromatic carboxylic acids is 1. The average molecular weight is 270 g/mol. The number of rotatable bonds is 4. The van der Waals surface area contributed by atoms with Crippen LogP contribution in [0.25, 0.3) is 0 Å². The van der Waals surface area contributed by atoms with E-state index in [0.29, 0.717) is 16.0 Å². The number of benzene rings is 1. The Hall–Kier alpha value is -1.46. The lowest BCUT2D eigenvalue weighted by Crippen LogP contribution is -1.95. The lowest BCUT2D eigenvalue weighted by Gasteiger charge is -2.00. The normalized spacial score (nSPS) is 10.4. The van der Waals surface area contributed by atoms with E-state index in [9.17, 15) is 4.79 Å². The summed E-state index contributed by atoms with van der Waals surface area (Å²) in [6.07, 6.45) is 1.12. The molecule has 0 aliphatic heterocycles. The van der Waals surface area contributed by atoms with E-state index < -0.39 is 5.97 Å². The van der Waals surface area contributed by atoms with Gasteiger partial charge in [0.15, 0.2) is 5.69 Å². The lowest BCUT2D eigenvalue weighted by atomic mass is 10.2. The number of carboxylic acids is 1. The number of carboxylic acid groups (broad SMARTS) is 1. The van der Waals surface area contributed by atoms with Gasteiger partial charge in [0.25, 0.3) is 5.22 Å². The van der Waals surface area contributed by atoms with Crippen LogP contribution in [0.15, 0.2) is 40.2 Å². The van der Waals surface area contributed by atoms with Gasteiger partial charge < -0.3 is 9.52 Å². The maximum absolute atomic E-state index is 10.6. The summed E-state index contributed by atoms with van der Waals surface area (Å²) in [5.74, 6) is -0.516. The van der Waals surface area contributed by atoms with Crippen molar-refractivity contribution >= 4 is 29.3 Å². The summed E-state index contributed by atoms with van der Waals surface area (Å²) in [6.45, 7) is 0. The largest absolute Gasteiger partial charge is 0.476 e. The van der Waals surface area contributed by atoms with E-state index in [0.717, 1.165) is 11.8 Å². The summed E-state index contributed by atoms with van der Waals surface area (Å²) in [4.78, 5) is 14.4. The number of oxazole rings is 1. The van der Waals surface area contributed by atoms with Crippen molar-refractivity contribution < 1.29 is 14.3 Å². The van der Waals surface area contributed by atoms with E-state index in [1.165, 1.54) is 11.8 Å². The highest BCUT2D eigenvalue weighted by atomic mass is 35.5. The molecule has 0 fully saturated rings. The molecular formula is C11H8ClNO3S. The quantitative estimate of drug-likeness (QED) is 0.863. The molecule has 0 aliphatic carbocycles. The first-order valence-electron chi connectivity index (χ1n) is 4.72.